The van der Waals surface area contributed by atoms with Crippen LogP contribution in [0.5, 0.6) is 0 Å². The molecule has 0 radical (unpaired) electrons. The van der Waals surface area contributed by atoms with Gasteiger partial charge in [0.2, 0.25) is 0 Å². The third kappa shape index (κ3) is 8.77. The summed E-state index contributed by atoms with van der Waals surface area (Å²) in [7, 11) is -5.17. The van der Waals surface area contributed by atoms with Gasteiger partial charge in [0.05, 0.1) is 0 Å². The predicted octanol–water partition coefficient (Wildman–Crippen LogP) is 9.77. The number of hydrogen-bond donors (Lipinski definition) is 0. The van der Waals surface area contributed by atoms with Gasteiger partial charge in [0.1, 0.15) is 0 Å². The van der Waals surface area contributed by atoms with Crippen molar-refractivity contribution in [2.45, 2.75) is 83.1 Å². The van der Waals surface area contributed by atoms with Crippen LogP contribution in [0.2, 0.25) is 0 Å². The second kappa shape index (κ2) is 17.6. The third-order valence-corrected chi connectivity index (χ3v) is 23.0. The van der Waals surface area contributed by atoms with E-state index in [1.165, 1.54) is 0 Å². The van der Waals surface area contributed by atoms with Crippen molar-refractivity contribution in [3.63, 3.8) is 0 Å². The van der Waals surface area contributed by atoms with Gasteiger partial charge in [-0.3, -0.25) is 0 Å². The molecule has 0 aliphatic heterocycles. The number of nitrogens with zero attached hydrogens (tertiary/aromatic N) is 8. The Labute approximate surface area is 251 Å². The van der Waals surface area contributed by atoms with Crippen LogP contribution in [0, 0.1) is 0 Å². The summed E-state index contributed by atoms with van der Waals surface area (Å²) in [5.74, 6) is 0. The molecule has 0 fully saturated rings. The van der Waals surface area contributed by atoms with Crippen molar-refractivity contribution in [3.05, 3.63) is 0 Å². The van der Waals surface area contributed by atoms with E-state index < -0.39 is 20.0 Å². The second-order valence-corrected chi connectivity index (χ2v) is 24.6. The molecule has 38 heavy (non-hydrogen) atoms. The summed E-state index contributed by atoms with van der Waals surface area (Å²) in [5, 5.41) is 0. The molecule has 0 aromatic carbocycles. The Balaban J connectivity index is 8.39. The van der Waals surface area contributed by atoms with E-state index in [0.29, 0.717) is 0 Å². The van der Waals surface area contributed by atoms with Crippen molar-refractivity contribution in [1.82, 2.24) is 28.0 Å². The topological polar surface area (TPSA) is 44.2 Å². The Bertz CT molecular complexity index is 634. The Morgan fingerprint density at radius 1 is 0.368 bits per heavy atom. The van der Waals surface area contributed by atoms with Crippen molar-refractivity contribution in [3.8, 4) is 0 Å². The molecular weight excluding hydrogens is 600 g/mol. The van der Waals surface area contributed by atoms with Gasteiger partial charge in [0.25, 0.3) is 0 Å². The van der Waals surface area contributed by atoms with E-state index in [4.69, 9.17) is 42.8 Å². The molecule has 0 amide bonds. The molecular formula is C24H60Cl3N8P3. The third-order valence-electron chi connectivity index (χ3n) is 7.18. The van der Waals surface area contributed by atoms with Gasteiger partial charge < -0.3 is 0 Å². The molecule has 0 saturated carbocycles. The van der Waals surface area contributed by atoms with Gasteiger partial charge in [-0.1, -0.05) is 0 Å². The molecule has 0 N–H and O–H groups in total. The molecule has 8 nitrogen and oxygen atoms in total. The van der Waals surface area contributed by atoms with Crippen molar-refractivity contribution in [2.75, 3.05) is 78.5 Å². The van der Waals surface area contributed by atoms with Crippen LogP contribution >= 0.6 is 53.7 Å². The molecule has 0 heterocycles. The van der Waals surface area contributed by atoms with Crippen LogP contribution in [0.4, 0.5) is 0 Å². The summed E-state index contributed by atoms with van der Waals surface area (Å²) < 4.78 is 25.7. The SMILES string of the molecule is CCN(CC)P(=NP(Cl)(Cl)(Cl)N=P(N(CC)CC)(N(CC)CC)N(CC)CC)(N(CC)CC)N(CC)CC. The fourth-order valence-corrected chi connectivity index (χ4v) is 23.2. The normalized spacial score (nSPS) is 14.8. The summed E-state index contributed by atoms with van der Waals surface area (Å²) in [6.45, 7) is 36.0. The van der Waals surface area contributed by atoms with Crippen molar-refractivity contribution < 1.29 is 0 Å². The van der Waals surface area contributed by atoms with Gasteiger partial charge in [-0.2, -0.15) is 0 Å². The predicted molar refractivity (Wildman–Crippen MR) is 181 cm³/mol. The van der Waals surface area contributed by atoms with Crippen LogP contribution in [0.15, 0.2) is 9.03 Å². The van der Waals surface area contributed by atoms with E-state index in [2.05, 4.69) is 111 Å². The van der Waals surface area contributed by atoms with Crippen LogP contribution in [-0.4, -0.2) is 107 Å². The number of rotatable bonds is 20. The molecule has 0 spiro atoms. The maximum absolute atomic E-state index is 7.53. The van der Waals surface area contributed by atoms with Crippen molar-refractivity contribution in [2.24, 2.45) is 9.03 Å². The zero-order valence-corrected chi connectivity index (χ0v) is 31.5. The van der Waals surface area contributed by atoms with Crippen LogP contribution in [0.1, 0.15) is 83.1 Å². The monoisotopic (exact) mass is 658 g/mol. The van der Waals surface area contributed by atoms with E-state index in [9.17, 15) is 0 Å². The van der Waals surface area contributed by atoms with Crippen LogP contribution < -0.4 is 0 Å². The first-order valence-electron chi connectivity index (χ1n) is 14.8. The van der Waals surface area contributed by atoms with Gasteiger partial charge in [0, 0.05) is 0 Å². The van der Waals surface area contributed by atoms with E-state index in [1.54, 1.807) is 0 Å². The number of hydrogen-bond acceptors (Lipinski definition) is 2. The van der Waals surface area contributed by atoms with Gasteiger partial charge in [0.15, 0.2) is 0 Å². The minimum absolute atomic E-state index is 0.820. The van der Waals surface area contributed by atoms with Crippen LogP contribution in [0.3, 0.4) is 0 Å². The maximum atomic E-state index is 7.53. The Morgan fingerprint density at radius 3 is 0.605 bits per heavy atom. The Morgan fingerprint density at radius 2 is 0.500 bits per heavy atom. The molecule has 0 aliphatic rings. The van der Waals surface area contributed by atoms with Crippen molar-refractivity contribution in [1.29, 1.82) is 0 Å². The van der Waals surface area contributed by atoms with Gasteiger partial charge >= 0.3 is 252 Å². The molecule has 0 bridgehead atoms. The fraction of sp³-hybridized carbons (Fsp3) is 1.00. The molecule has 0 atom stereocenters. The fourth-order valence-electron chi connectivity index (χ4n) is 5.43. The summed E-state index contributed by atoms with van der Waals surface area (Å²) in [4.78, 5) is -4.54. The Kier molecular flexibility index (Phi) is 18.3. The van der Waals surface area contributed by atoms with E-state index >= 15 is 0 Å². The Hall–Kier alpha value is 1.52. The van der Waals surface area contributed by atoms with Crippen LogP contribution in [0.25, 0.3) is 0 Å². The first-order valence-corrected chi connectivity index (χ1v) is 22.8. The van der Waals surface area contributed by atoms with Crippen LogP contribution in [-0.2, 0) is 0 Å². The van der Waals surface area contributed by atoms with Crippen molar-refractivity contribution >= 4 is 53.7 Å². The molecule has 0 unspecified atom stereocenters. The summed E-state index contributed by atoms with van der Waals surface area (Å²) in [6, 6.07) is 0. The summed E-state index contributed by atoms with van der Waals surface area (Å²) in [6.07, 6.45) is 0. The summed E-state index contributed by atoms with van der Waals surface area (Å²) in [5.41, 5.74) is 0. The molecule has 0 rings (SSSR count). The van der Waals surface area contributed by atoms with Gasteiger partial charge in [-0.05, 0) is 0 Å². The number of halogens is 3. The second-order valence-electron chi connectivity index (χ2n) is 8.82. The van der Waals surface area contributed by atoms with E-state index in [-0.39, 0.29) is 0 Å². The average molecular weight is 660 g/mol. The summed E-state index contributed by atoms with van der Waals surface area (Å²) >= 11 is 22.6. The first kappa shape index (κ1) is 39.5. The molecule has 0 aromatic rings. The minimum atomic E-state index is -4.54. The molecule has 0 saturated heterocycles. The van der Waals surface area contributed by atoms with E-state index in [1.807, 2.05) is 0 Å². The molecule has 0 aliphatic carbocycles. The van der Waals surface area contributed by atoms with E-state index in [0.717, 1.165) is 78.5 Å². The average Bonchev–Trinajstić information content (AvgIpc) is 2.87. The quantitative estimate of drug-likeness (QED) is 0.121. The zero-order chi connectivity index (χ0) is 29.8. The standard InChI is InChI=1S/C24H60Cl3N8P3/c1-13-30(14-2)36(31(15-3)16-4,32(17-5)18-6)28-38(25,26,27)29-37(33(19-7)20-8,34(21-9)22-10)35(23-11)24-12/h13-24H2,1-12H3. The molecule has 0 aromatic heterocycles. The van der Waals surface area contributed by atoms with Gasteiger partial charge in [-0.25, -0.2) is 0 Å². The molecule has 14 heteroatoms. The first-order chi connectivity index (χ1) is 17.8. The molecule has 232 valence electrons. The zero-order valence-electron chi connectivity index (χ0n) is 26.5. The van der Waals surface area contributed by atoms with Gasteiger partial charge in [-0.15, -0.1) is 0 Å².